The van der Waals surface area contributed by atoms with Gasteiger partial charge in [0.1, 0.15) is 0 Å². The summed E-state index contributed by atoms with van der Waals surface area (Å²) in [6, 6.07) is 7.08. The fraction of sp³-hybridized carbons (Fsp3) is 0.385. The molecule has 3 heteroatoms. The van der Waals surface area contributed by atoms with Crippen molar-refractivity contribution in [2.75, 3.05) is 0 Å². The summed E-state index contributed by atoms with van der Waals surface area (Å²) in [7, 11) is 0. The molecule has 0 bridgehead atoms. The van der Waals surface area contributed by atoms with Gasteiger partial charge in [0.25, 0.3) is 5.91 Å². The molecule has 1 aromatic rings. The first-order chi connectivity index (χ1) is 7.66. The summed E-state index contributed by atoms with van der Waals surface area (Å²) in [6.07, 6.45) is 2.26. The number of nitrogens with one attached hydrogen (secondary N) is 1. The van der Waals surface area contributed by atoms with E-state index in [-0.39, 0.29) is 17.7 Å². The molecule has 3 nitrogen and oxygen atoms in total. The molecule has 84 valence electrons. The Hall–Kier alpha value is -1.64. The van der Waals surface area contributed by atoms with E-state index in [1.807, 2.05) is 19.1 Å². The van der Waals surface area contributed by atoms with Crippen molar-refractivity contribution in [1.29, 1.82) is 0 Å². The van der Waals surface area contributed by atoms with Crippen LogP contribution < -0.4 is 5.32 Å². The highest BCUT2D eigenvalue weighted by Crippen LogP contribution is 2.15. The first-order valence-electron chi connectivity index (χ1n) is 5.57. The number of hydrogen-bond acceptors (Lipinski definition) is 2. The number of ketones is 1. The number of carbonyl (C=O) groups is 2. The van der Waals surface area contributed by atoms with Crippen LogP contribution >= 0.6 is 0 Å². The highest BCUT2D eigenvalue weighted by molar-refractivity contribution is 5.98. The molecule has 0 aliphatic heterocycles. The molecule has 1 fully saturated rings. The third kappa shape index (κ3) is 2.30. The second-order valence-corrected chi connectivity index (χ2v) is 4.25. The summed E-state index contributed by atoms with van der Waals surface area (Å²) in [5, 5.41) is 2.78. The van der Waals surface area contributed by atoms with E-state index in [9.17, 15) is 9.59 Å². The minimum atomic E-state index is -0.270. The van der Waals surface area contributed by atoms with Gasteiger partial charge in [-0.05, 0) is 31.9 Å². The maximum absolute atomic E-state index is 11.8. The van der Waals surface area contributed by atoms with E-state index in [4.69, 9.17) is 0 Å². The van der Waals surface area contributed by atoms with Gasteiger partial charge in [0.15, 0.2) is 5.78 Å². The van der Waals surface area contributed by atoms with Crippen molar-refractivity contribution in [3.63, 3.8) is 0 Å². The molecule has 1 atom stereocenters. The van der Waals surface area contributed by atoms with E-state index in [2.05, 4.69) is 5.32 Å². The molecular weight excluding hydrogens is 202 g/mol. The SMILES string of the molecule is Cc1ccc(C(=O)N[C@@H]2CCCC2=O)cc1. The number of rotatable bonds is 2. The highest BCUT2D eigenvalue weighted by Gasteiger charge is 2.25. The van der Waals surface area contributed by atoms with Crippen molar-refractivity contribution >= 4 is 11.7 Å². The molecule has 1 aromatic carbocycles. The predicted molar refractivity (Wildman–Crippen MR) is 61.3 cm³/mol. The number of hydrogen-bond donors (Lipinski definition) is 1. The van der Waals surface area contributed by atoms with Crippen molar-refractivity contribution in [3.05, 3.63) is 35.4 Å². The van der Waals surface area contributed by atoms with Crippen LogP contribution in [0.4, 0.5) is 0 Å². The number of amides is 1. The third-order valence-electron chi connectivity index (χ3n) is 2.92. The normalized spacial score (nSPS) is 19.8. The summed E-state index contributed by atoms with van der Waals surface area (Å²) in [5.74, 6) is 0.000659. The molecule has 1 aliphatic rings. The quantitative estimate of drug-likeness (QED) is 0.821. The Bertz CT molecular complexity index is 408. The standard InChI is InChI=1S/C13H15NO2/c1-9-5-7-10(8-6-9)13(16)14-11-3-2-4-12(11)15/h5-8,11H,2-4H2,1H3,(H,14,16)/t11-/m1/s1. The summed E-state index contributed by atoms with van der Waals surface area (Å²) in [5.41, 5.74) is 1.73. The molecular formula is C13H15NO2. The minimum Gasteiger partial charge on any atom is -0.342 e. The molecule has 1 amide bonds. The van der Waals surface area contributed by atoms with E-state index >= 15 is 0 Å². The van der Waals surface area contributed by atoms with Crippen LogP contribution in [-0.4, -0.2) is 17.7 Å². The number of benzene rings is 1. The molecule has 0 aromatic heterocycles. The molecule has 0 radical (unpaired) electrons. The monoisotopic (exact) mass is 217 g/mol. The summed E-state index contributed by atoms with van der Waals surface area (Å²) in [6.45, 7) is 1.97. The van der Waals surface area contributed by atoms with Gasteiger partial charge in [-0.15, -0.1) is 0 Å². The van der Waals surface area contributed by atoms with Crippen LogP contribution in [0.2, 0.25) is 0 Å². The zero-order valence-corrected chi connectivity index (χ0v) is 9.32. The van der Waals surface area contributed by atoms with Crippen molar-refractivity contribution in [2.45, 2.75) is 32.2 Å². The Morgan fingerprint density at radius 2 is 2.00 bits per heavy atom. The van der Waals surface area contributed by atoms with Gasteiger partial charge in [0, 0.05) is 12.0 Å². The van der Waals surface area contributed by atoms with Gasteiger partial charge in [-0.3, -0.25) is 9.59 Å². The Labute approximate surface area is 94.9 Å². The molecule has 2 rings (SSSR count). The summed E-state index contributed by atoms with van der Waals surface area (Å²) in [4.78, 5) is 23.2. The average Bonchev–Trinajstić information content (AvgIpc) is 2.65. The Kier molecular flexibility index (Phi) is 3.04. The highest BCUT2D eigenvalue weighted by atomic mass is 16.2. The van der Waals surface area contributed by atoms with Gasteiger partial charge in [-0.1, -0.05) is 17.7 Å². The lowest BCUT2D eigenvalue weighted by Gasteiger charge is -2.10. The largest absolute Gasteiger partial charge is 0.342 e. The number of Topliss-reactive ketones (excluding diaryl/α,β-unsaturated/α-hetero) is 1. The van der Waals surface area contributed by atoms with E-state index < -0.39 is 0 Å². The zero-order valence-electron chi connectivity index (χ0n) is 9.32. The Morgan fingerprint density at radius 3 is 2.56 bits per heavy atom. The van der Waals surface area contributed by atoms with Crippen LogP contribution in [0.15, 0.2) is 24.3 Å². The maximum Gasteiger partial charge on any atom is 0.251 e. The zero-order chi connectivity index (χ0) is 11.5. The van der Waals surface area contributed by atoms with Gasteiger partial charge in [0.2, 0.25) is 0 Å². The second-order valence-electron chi connectivity index (χ2n) is 4.25. The molecule has 16 heavy (non-hydrogen) atoms. The smallest absolute Gasteiger partial charge is 0.251 e. The van der Waals surface area contributed by atoms with Crippen LogP contribution in [0.1, 0.15) is 35.2 Å². The average molecular weight is 217 g/mol. The predicted octanol–water partition coefficient (Wildman–Crippen LogP) is 1.85. The van der Waals surface area contributed by atoms with Crippen molar-refractivity contribution in [2.24, 2.45) is 0 Å². The molecule has 1 aliphatic carbocycles. The van der Waals surface area contributed by atoms with Crippen LogP contribution in [0.25, 0.3) is 0 Å². The first-order valence-corrected chi connectivity index (χ1v) is 5.57. The Balaban J connectivity index is 2.02. The summed E-state index contributed by atoms with van der Waals surface area (Å²) < 4.78 is 0. The molecule has 0 saturated heterocycles. The molecule has 1 N–H and O–H groups in total. The van der Waals surface area contributed by atoms with Crippen LogP contribution in [0.5, 0.6) is 0 Å². The van der Waals surface area contributed by atoms with Crippen LogP contribution in [-0.2, 0) is 4.79 Å². The topological polar surface area (TPSA) is 46.2 Å². The van der Waals surface area contributed by atoms with Crippen LogP contribution in [0, 0.1) is 6.92 Å². The van der Waals surface area contributed by atoms with E-state index in [0.29, 0.717) is 12.0 Å². The molecule has 1 saturated carbocycles. The molecule has 0 unspecified atom stereocenters. The lowest BCUT2D eigenvalue weighted by atomic mass is 10.1. The van der Waals surface area contributed by atoms with Gasteiger partial charge in [-0.2, -0.15) is 0 Å². The second kappa shape index (κ2) is 4.47. The van der Waals surface area contributed by atoms with E-state index in [1.165, 1.54) is 0 Å². The first kappa shape index (κ1) is 10.9. The molecule has 0 spiro atoms. The van der Waals surface area contributed by atoms with Gasteiger partial charge in [0.05, 0.1) is 6.04 Å². The number of aryl methyl sites for hydroxylation is 1. The fourth-order valence-corrected chi connectivity index (χ4v) is 1.91. The molecule has 0 heterocycles. The summed E-state index contributed by atoms with van der Waals surface area (Å²) >= 11 is 0. The fourth-order valence-electron chi connectivity index (χ4n) is 1.91. The van der Waals surface area contributed by atoms with Gasteiger partial charge >= 0.3 is 0 Å². The van der Waals surface area contributed by atoms with Gasteiger partial charge < -0.3 is 5.32 Å². The lowest BCUT2D eigenvalue weighted by Crippen LogP contribution is -2.37. The van der Waals surface area contributed by atoms with E-state index in [1.54, 1.807) is 12.1 Å². The van der Waals surface area contributed by atoms with Crippen molar-refractivity contribution in [3.8, 4) is 0 Å². The maximum atomic E-state index is 11.8. The van der Waals surface area contributed by atoms with E-state index in [0.717, 1.165) is 18.4 Å². The number of carbonyl (C=O) groups excluding carboxylic acids is 2. The van der Waals surface area contributed by atoms with Crippen molar-refractivity contribution < 1.29 is 9.59 Å². The lowest BCUT2D eigenvalue weighted by molar-refractivity contribution is -0.118. The van der Waals surface area contributed by atoms with Crippen molar-refractivity contribution in [1.82, 2.24) is 5.32 Å². The Morgan fingerprint density at radius 1 is 1.31 bits per heavy atom. The minimum absolute atomic E-state index is 0.153. The third-order valence-corrected chi connectivity index (χ3v) is 2.92. The van der Waals surface area contributed by atoms with Gasteiger partial charge in [-0.25, -0.2) is 0 Å². The van der Waals surface area contributed by atoms with Crippen LogP contribution in [0.3, 0.4) is 0 Å².